The predicted octanol–water partition coefficient (Wildman–Crippen LogP) is 3.49. The van der Waals surface area contributed by atoms with Crippen LogP contribution in [-0.2, 0) is 34.2 Å². The Morgan fingerprint density at radius 3 is 2.61 bits per heavy atom. The Bertz CT molecular complexity index is 1150. The lowest BCUT2D eigenvalue weighted by atomic mass is 9.52. The predicted molar refractivity (Wildman–Crippen MR) is 110 cm³/mol. The van der Waals surface area contributed by atoms with E-state index >= 15 is 0 Å². The molecule has 4 unspecified atom stereocenters. The van der Waals surface area contributed by atoms with E-state index in [1.165, 1.54) is 0 Å². The van der Waals surface area contributed by atoms with E-state index in [0.717, 1.165) is 22.3 Å². The van der Waals surface area contributed by atoms with Crippen molar-refractivity contribution in [3.8, 4) is 0 Å². The summed E-state index contributed by atoms with van der Waals surface area (Å²) in [6.45, 7) is 5.10. The zero-order valence-corrected chi connectivity index (χ0v) is 17.5. The Morgan fingerprint density at radius 1 is 1.10 bits per heavy atom. The molecule has 4 atom stereocenters. The molecule has 7 heteroatoms. The number of carbonyl (C=O) groups is 3. The number of rotatable bonds is 5. The molecule has 1 aliphatic heterocycles. The molecule has 6 rings (SSSR count). The first-order valence-corrected chi connectivity index (χ1v) is 10.4. The summed E-state index contributed by atoms with van der Waals surface area (Å²) in [5, 5.41) is 0.495. The summed E-state index contributed by atoms with van der Waals surface area (Å²) in [5.74, 6) is -3.53. The molecule has 0 saturated carbocycles. The first kappa shape index (κ1) is 20.0. The lowest BCUT2D eigenvalue weighted by Gasteiger charge is -2.53. The van der Waals surface area contributed by atoms with Crippen molar-refractivity contribution >= 4 is 29.5 Å². The van der Waals surface area contributed by atoms with Crippen LogP contribution in [0.5, 0.6) is 0 Å². The van der Waals surface area contributed by atoms with E-state index in [1.807, 2.05) is 30.3 Å². The molecule has 31 heavy (non-hydrogen) atoms. The van der Waals surface area contributed by atoms with Crippen molar-refractivity contribution in [1.82, 2.24) is 0 Å². The van der Waals surface area contributed by atoms with Gasteiger partial charge in [0.1, 0.15) is 18.1 Å². The van der Waals surface area contributed by atoms with Gasteiger partial charge in [-0.15, -0.1) is 0 Å². The summed E-state index contributed by atoms with van der Waals surface area (Å²) in [7, 11) is 0. The standard InChI is InChI=1S/C24H19ClO6/c1-12(2)21(26)29-9-10-30-24-16-6-4-3-5-14(16)18(15-8-7-13(25)11-17(15)24)19-20(24)23(28)31-22(19)27/h3-8,11,18-20H,1,9-10H2,2H3. The number of esters is 3. The quantitative estimate of drug-likeness (QED) is 0.308. The second kappa shape index (κ2) is 7.04. The van der Waals surface area contributed by atoms with Crippen LogP contribution in [-0.4, -0.2) is 31.1 Å². The zero-order chi connectivity index (χ0) is 21.9. The molecular formula is C24H19ClO6. The number of ether oxygens (including phenoxy) is 3. The van der Waals surface area contributed by atoms with Crippen molar-refractivity contribution in [2.75, 3.05) is 13.2 Å². The highest BCUT2D eigenvalue weighted by Crippen LogP contribution is 2.64. The van der Waals surface area contributed by atoms with E-state index in [0.29, 0.717) is 5.02 Å². The average molecular weight is 439 g/mol. The fourth-order valence-electron chi connectivity index (χ4n) is 5.23. The van der Waals surface area contributed by atoms with Gasteiger partial charge in [0.05, 0.1) is 12.5 Å². The van der Waals surface area contributed by atoms with Gasteiger partial charge in [0.2, 0.25) is 0 Å². The molecule has 1 saturated heterocycles. The van der Waals surface area contributed by atoms with Gasteiger partial charge >= 0.3 is 17.9 Å². The van der Waals surface area contributed by atoms with Crippen molar-refractivity contribution in [3.05, 3.63) is 81.9 Å². The van der Waals surface area contributed by atoms with Gasteiger partial charge in [0, 0.05) is 16.5 Å². The van der Waals surface area contributed by atoms with Crippen molar-refractivity contribution in [2.45, 2.75) is 18.4 Å². The van der Waals surface area contributed by atoms with Crippen molar-refractivity contribution in [3.63, 3.8) is 0 Å². The summed E-state index contributed by atoms with van der Waals surface area (Å²) in [6, 6.07) is 13.0. The number of cyclic esters (lactones) is 2. The summed E-state index contributed by atoms with van der Waals surface area (Å²) < 4.78 is 16.7. The van der Waals surface area contributed by atoms with E-state index in [-0.39, 0.29) is 24.7 Å². The van der Waals surface area contributed by atoms with Crippen LogP contribution in [0.2, 0.25) is 5.02 Å². The van der Waals surface area contributed by atoms with Gasteiger partial charge in [-0.2, -0.15) is 0 Å². The zero-order valence-electron chi connectivity index (χ0n) is 16.7. The minimum Gasteiger partial charge on any atom is -0.460 e. The van der Waals surface area contributed by atoms with E-state index in [2.05, 4.69) is 6.58 Å². The third-order valence-corrected chi connectivity index (χ3v) is 6.56. The minimum atomic E-state index is -1.27. The first-order valence-electron chi connectivity index (χ1n) is 9.97. The Labute approximate surface area is 183 Å². The lowest BCUT2D eigenvalue weighted by Crippen LogP contribution is -2.55. The van der Waals surface area contributed by atoms with Crippen LogP contribution in [0.4, 0.5) is 0 Å². The molecule has 0 aromatic heterocycles. The van der Waals surface area contributed by atoms with Gasteiger partial charge < -0.3 is 14.2 Å². The fourth-order valence-corrected chi connectivity index (χ4v) is 5.40. The monoisotopic (exact) mass is 438 g/mol. The van der Waals surface area contributed by atoms with E-state index < -0.39 is 35.3 Å². The lowest BCUT2D eigenvalue weighted by molar-refractivity contribution is -0.160. The van der Waals surface area contributed by atoms with Crippen molar-refractivity contribution < 1.29 is 28.6 Å². The van der Waals surface area contributed by atoms with Crippen LogP contribution >= 0.6 is 11.6 Å². The average Bonchev–Trinajstić information content (AvgIpc) is 3.06. The number of hydrogen-bond acceptors (Lipinski definition) is 6. The van der Waals surface area contributed by atoms with Crippen molar-refractivity contribution in [1.29, 1.82) is 0 Å². The maximum Gasteiger partial charge on any atom is 0.333 e. The molecule has 0 spiro atoms. The Morgan fingerprint density at radius 2 is 1.84 bits per heavy atom. The Balaban J connectivity index is 1.65. The van der Waals surface area contributed by atoms with Crippen molar-refractivity contribution in [2.24, 2.45) is 11.8 Å². The van der Waals surface area contributed by atoms with Gasteiger partial charge in [-0.05, 0) is 41.3 Å². The number of hydrogen-bond donors (Lipinski definition) is 0. The molecule has 0 amide bonds. The summed E-state index contributed by atoms with van der Waals surface area (Å²) in [5.41, 5.74) is 2.36. The third kappa shape index (κ3) is 2.71. The molecule has 1 heterocycles. The summed E-state index contributed by atoms with van der Waals surface area (Å²) in [4.78, 5) is 37.4. The molecule has 3 aliphatic carbocycles. The topological polar surface area (TPSA) is 78.9 Å². The fraction of sp³-hybridized carbons (Fsp3) is 0.292. The normalized spacial score (nSPS) is 27.2. The number of benzene rings is 2. The molecule has 0 radical (unpaired) electrons. The van der Waals surface area contributed by atoms with Crippen LogP contribution in [0.1, 0.15) is 35.1 Å². The molecule has 2 aromatic carbocycles. The summed E-state index contributed by atoms with van der Waals surface area (Å²) in [6.07, 6.45) is 0. The maximum atomic E-state index is 12.9. The molecule has 2 bridgehead atoms. The van der Waals surface area contributed by atoms with Gasteiger partial charge in [0.15, 0.2) is 0 Å². The number of halogens is 1. The largest absolute Gasteiger partial charge is 0.460 e. The van der Waals surface area contributed by atoms with Gasteiger partial charge in [-0.25, -0.2) is 4.79 Å². The Kier molecular flexibility index (Phi) is 4.53. The third-order valence-electron chi connectivity index (χ3n) is 6.32. The SMILES string of the molecule is C=C(C)C(=O)OCCOC12c3ccccc3C(c3ccc(Cl)cc31)C1C(=O)OC(=O)C12. The second-order valence-electron chi connectivity index (χ2n) is 8.04. The minimum absolute atomic E-state index is 0.00860. The molecule has 6 nitrogen and oxygen atoms in total. The molecular weight excluding hydrogens is 420 g/mol. The first-order chi connectivity index (χ1) is 14.9. The van der Waals surface area contributed by atoms with E-state index in [1.54, 1.807) is 19.1 Å². The van der Waals surface area contributed by atoms with E-state index in [9.17, 15) is 14.4 Å². The van der Waals surface area contributed by atoms with Crippen LogP contribution in [0.3, 0.4) is 0 Å². The van der Waals surface area contributed by atoms with E-state index in [4.69, 9.17) is 25.8 Å². The number of carbonyl (C=O) groups excluding carboxylic acids is 3. The highest BCUT2D eigenvalue weighted by molar-refractivity contribution is 6.30. The smallest absolute Gasteiger partial charge is 0.333 e. The molecule has 1 fully saturated rings. The van der Waals surface area contributed by atoms with Crippen LogP contribution < -0.4 is 0 Å². The van der Waals surface area contributed by atoms with Crippen LogP contribution in [0, 0.1) is 11.8 Å². The highest BCUT2D eigenvalue weighted by Gasteiger charge is 2.68. The van der Waals surface area contributed by atoms with Gasteiger partial charge in [0.25, 0.3) is 0 Å². The maximum absolute atomic E-state index is 12.9. The summed E-state index contributed by atoms with van der Waals surface area (Å²) >= 11 is 6.33. The van der Waals surface area contributed by atoms with Crippen LogP contribution in [0.15, 0.2) is 54.6 Å². The van der Waals surface area contributed by atoms with Crippen LogP contribution in [0.25, 0.3) is 0 Å². The second-order valence-corrected chi connectivity index (χ2v) is 8.48. The Hall–Kier alpha value is -2.96. The molecule has 4 aliphatic rings. The van der Waals surface area contributed by atoms with Gasteiger partial charge in [-0.3, -0.25) is 9.59 Å². The molecule has 0 N–H and O–H groups in total. The highest BCUT2D eigenvalue weighted by atomic mass is 35.5. The van der Waals surface area contributed by atoms with Gasteiger partial charge in [-0.1, -0.05) is 48.5 Å². The molecule has 2 aromatic rings. The molecule has 158 valence electrons.